The minimum atomic E-state index is -1.36. The minimum Gasteiger partial charge on any atom is -0.352 e. The van der Waals surface area contributed by atoms with Crippen LogP contribution in [0, 0.1) is 6.92 Å². The van der Waals surface area contributed by atoms with Gasteiger partial charge in [0, 0.05) is 36.2 Å². The highest BCUT2D eigenvalue weighted by Gasteiger charge is 2.43. The van der Waals surface area contributed by atoms with Gasteiger partial charge in [0.25, 0.3) is 0 Å². The molecule has 0 radical (unpaired) electrons. The van der Waals surface area contributed by atoms with Gasteiger partial charge in [0.15, 0.2) is 0 Å². The fraction of sp³-hybridized carbons (Fsp3) is 0.667. The smallest absolute Gasteiger partial charge is 0.330 e. The molecule has 29 heavy (non-hydrogen) atoms. The van der Waals surface area contributed by atoms with E-state index in [1.165, 1.54) is 6.26 Å². The van der Waals surface area contributed by atoms with Crippen molar-refractivity contribution in [1.82, 2.24) is 24.7 Å². The molecule has 1 fully saturated rings. The van der Waals surface area contributed by atoms with Gasteiger partial charge < -0.3 is 20.9 Å². The summed E-state index contributed by atoms with van der Waals surface area (Å²) in [5.41, 5.74) is 6.13. The lowest BCUT2D eigenvalue weighted by molar-refractivity contribution is -0.135. The molecule has 2 aliphatic rings. The molecule has 2 aliphatic heterocycles. The largest absolute Gasteiger partial charge is 0.352 e. The third-order valence-electron chi connectivity index (χ3n) is 5.97. The molecule has 3 rings (SSSR count). The number of carbonyl (C=O) groups is 3. The molecule has 2 atom stereocenters. The number of urea groups is 1. The first-order valence-corrected chi connectivity index (χ1v) is 11.1. The van der Waals surface area contributed by atoms with Gasteiger partial charge >= 0.3 is 12.1 Å². The molecular formula is C18H28N6O4S. The predicted molar refractivity (Wildman–Crippen MR) is 108 cm³/mol. The molecule has 0 aliphatic carbocycles. The molecule has 1 saturated heterocycles. The second-order valence-corrected chi connectivity index (χ2v) is 10.1. The van der Waals surface area contributed by atoms with E-state index in [1.807, 2.05) is 4.90 Å². The highest BCUT2D eigenvalue weighted by molar-refractivity contribution is 7.85. The quantitative estimate of drug-likeness (QED) is 0.695. The molecular weight excluding hydrogens is 396 g/mol. The number of aromatic nitrogens is 2. The standard InChI is InChI=1S/C18H28N6O4S/c1-11-20-9-13-10-23(17(27)24(11)13)12-5-7-22(8-6-12)15(25)14(21-16(19)26)18(2,3)29(4)28/h9,12,14H,5-8,10H2,1-4H3,(H3,19,21,26)/t14-,29?/m0/s1. The van der Waals surface area contributed by atoms with Gasteiger partial charge in [-0.2, -0.15) is 0 Å². The molecule has 0 saturated carbocycles. The van der Waals surface area contributed by atoms with Crippen molar-refractivity contribution in [3.8, 4) is 0 Å². The lowest BCUT2D eigenvalue weighted by Gasteiger charge is -2.40. The van der Waals surface area contributed by atoms with Crippen LogP contribution in [0.15, 0.2) is 6.20 Å². The van der Waals surface area contributed by atoms with Gasteiger partial charge in [-0.3, -0.25) is 13.6 Å². The van der Waals surface area contributed by atoms with Gasteiger partial charge in [-0.05, 0) is 33.6 Å². The van der Waals surface area contributed by atoms with E-state index < -0.39 is 27.6 Å². The van der Waals surface area contributed by atoms with Gasteiger partial charge in [0.05, 0.1) is 23.2 Å². The number of piperidine rings is 1. The average Bonchev–Trinajstić information content (AvgIpc) is 3.19. The van der Waals surface area contributed by atoms with Crippen molar-refractivity contribution in [2.24, 2.45) is 5.73 Å². The lowest BCUT2D eigenvalue weighted by Crippen LogP contribution is -2.62. The highest BCUT2D eigenvalue weighted by atomic mass is 32.2. The summed E-state index contributed by atoms with van der Waals surface area (Å²) in [6.45, 7) is 6.55. The molecule has 1 aromatic heterocycles. The van der Waals surface area contributed by atoms with Crippen molar-refractivity contribution in [3.05, 3.63) is 17.7 Å². The number of nitrogens with zero attached hydrogens (tertiary/aromatic N) is 4. The minimum absolute atomic E-state index is 0.0294. The molecule has 3 heterocycles. The molecule has 10 nitrogen and oxygen atoms in total. The second kappa shape index (κ2) is 7.77. The lowest BCUT2D eigenvalue weighted by atomic mass is 9.98. The number of carbonyl (C=O) groups excluding carboxylic acids is 3. The summed E-state index contributed by atoms with van der Waals surface area (Å²) in [5, 5.41) is 2.47. The Labute approximate surface area is 172 Å². The Balaban J connectivity index is 1.66. The third-order valence-corrected chi connectivity index (χ3v) is 7.68. The molecule has 0 bridgehead atoms. The number of rotatable bonds is 5. The van der Waals surface area contributed by atoms with Crippen LogP contribution in [-0.2, 0) is 22.1 Å². The van der Waals surface area contributed by atoms with E-state index in [1.54, 1.807) is 36.4 Å². The number of nitrogens with two attached hydrogens (primary N) is 1. The fourth-order valence-electron chi connectivity index (χ4n) is 3.94. The summed E-state index contributed by atoms with van der Waals surface area (Å²) in [6, 6.07) is -1.85. The summed E-state index contributed by atoms with van der Waals surface area (Å²) < 4.78 is 12.8. The number of nitrogens with one attached hydrogen (secondary N) is 1. The third kappa shape index (κ3) is 3.87. The van der Waals surface area contributed by atoms with Crippen molar-refractivity contribution in [2.75, 3.05) is 19.3 Å². The SMILES string of the molecule is Cc1ncc2n1C(=O)N(C1CCN(C(=O)[C@H](NC(N)=O)C(C)(C)S(C)=O)CC1)C2. The van der Waals surface area contributed by atoms with Crippen molar-refractivity contribution < 1.29 is 18.6 Å². The van der Waals surface area contributed by atoms with Crippen molar-refractivity contribution >= 4 is 28.8 Å². The molecule has 3 N–H and O–H groups in total. The van der Waals surface area contributed by atoms with Crippen molar-refractivity contribution in [3.63, 3.8) is 0 Å². The van der Waals surface area contributed by atoms with Crippen LogP contribution >= 0.6 is 0 Å². The highest BCUT2D eigenvalue weighted by Crippen LogP contribution is 2.27. The monoisotopic (exact) mass is 424 g/mol. The first kappa shape index (κ1) is 21.3. The van der Waals surface area contributed by atoms with Crippen molar-refractivity contribution in [1.29, 1.82) is 0 Å². The maximum Gasteiger partial charge on any atom is 0.330 e. The van der Waals surface area contributed by atoms with Gasteiger partial charge in [0.2, 0.25) is 5.91 Å². The van der Waals surface area contributed by atoms with Crippen molar-refractivity contribution in [2.45, 2.75) is 57.0 Å². The van der Waals surface area contributed by atoms with Crippen LogP contribution in [0.3, 0.4) is 0 Å². The zero-order chi connectivity index (χ0) is 21.5. The van der Waals surface area contributed by atoms with E-state index in [-0.39, 0.29) is 18.0 Å². The Morgan fingerprint density at radius 2 is 1.97 bits per heavy atom. The zero-order valence-electron chi connectivity index (χ0n) is 17.2. The maximum absolute atomic E-state index is 13.1. The molecule has 1 unspecified atom stereocenters. The van der Waals surface area contributed by atoms with Gasteiger partial charge in [-0.25, -0.2) is 14.6 Å². The Hall–Kier alpha value is -2.43. The Bertz CT molecular complexity index is 859. The molecule has 160 valence electrons. The van der Waals surface area contributed by atoms with Crippen LogP contribution in [0.25, 0.3) is 0 Å². The number of imidazole rings is 1. The number of hydrogen-bond donors (Lipinski definition) is 2. The molecule has 11 heteroatoms. The van der Waals surface area contributed by atoms with E-state index in [0.29, 0.717) is 38.3 Å². The Morgan fingerprint density at radius 1 is 1.34 bits per heavy atom. The maximum atomic E-state index is 13.1. The number of primary amides is 1. The van der Waals surface area contributed by atoms with Crippen LogP contribution in [0.1, 0.15) is 38.2 Å². The normalized spacial score (nSPS) is 19.8. The van der Waals surface area contributed by atoms with E-state index in [9.17, 15) is 18.6 Å². The van der Waals surface area contributed by atoms with E-state index >= 15 is 0 Å². The molecule has 0 spiro atoms. The molecule has 1 aromatic rings. The average molecular weight is 425 g/mol. The number of likely N-dealkylation sites (tertiary alicyclic amines) is 1. The van der Waals surface area contributed by atoms with Gasteiger partial charge in [-0.1, -0.05) is 0 Å². The Kier molecular flexibility index (Phi) is 5.70. The summed E-state index contributed by atoms with van der Waals surface area (Å²) in [7, 11) is -1.36. The predicted octanol–water partition coefficient (Wildman–Crippen LogP) is 0.160. The number of hydrogen-bond acceptors (Lipinski definition) is 5. The van der Waals surface area contributed by atoms with Crippen LogP contribution < -0.4 is 11.1 Å². The molecule has 0 aromatic carbocycles. The van der Waals surface area contributed by atoms with Crippen LogP contribution in [0.5, 0.6) is 0 Å². The van der Waals surface area contributed by atoms with Gasteiger partial charge in [-0.15, -0.1) is 0 Å². The van der Waals surface area contributed by atoms with E-state index in [0.717, 1.165) is 5.69 Å². The topological polar surface area (TPSA) is 131 Å². The fourth-order valence-corrected chi connectivity index (χ4v) is 4.43. The number of aryl methyl sites for hydroxylation is 1. The Morgan fingerprint density at radius 3 is 2.48 bits per heavy atom. The number of amides is 4. The first-order valence-electron chi connectivity index (χ1n) is 9.56. The van der Waals surface area contributed by atoms with Crippen LogP contribution in [0.4, 0.5) is 9.59 Å². The van der Waals surface area contributed by atoms with E-state index in [4.69, 9.17) is 5.73 Å². The summed E-state index contributed by atoms with van der Waals surface area (Å²) >= 11 is 0. The first-order chi connectivity index (χ1) is 13.5. The summed E-state index contributed by atoms with van der Waals surface area (Å²) in [6.07, 6.45) is 4.49. The van der Waals surface area contributed by atoms with Crippen LogP contribution in [0.2, 0.25) is 0 Å². The number of fused-ring (bicyclic) bond motifs is 1. The molecule has 4 amide bonds. The zero-order valence-corrected chi connectivity index (χ0v) is 18.0. The summed E-state index contributed by atoms with van der Waals surface area (Å²) in [4.78, 5) is 44.9. The van der Waals surface area contributed by atoms with E-state index in [2.05, 4.69) is 10.3 Å². The van der Waals surface area contributed by atoms with Crippen LogP contribution in [-0.4, -0.2) is 77.7 Å². The second-order valence-electron chi connectivity index (χ2n) is 8.10. The van der Waals surface area contributed by atoms with Gasteiger partial charge in [0.1, 0.15) is 11.9 Å². The summed E-state index contributed by atoms with van der Waals surface area (Å²) in [5.74, 6) is 0.372.